The Hall–Kier alpha value is -1.13. The molecule has 0 aliphatic carbocycles. The first-order valence-electron chi connectivity index (χ1n) is 8.22. The number of aromatic nitrogens is 1. The predicted molar refractivity (Wildman–Crippen MR) is 87.8 cm³/mol. The second kappa shape index (κ2) is 8.35. The highest BCUT2D eigenvalue weighted by atomic mass is 16.5. The van der Waals surface area contributed by atoms with Crippen LogP contribution in [0.1, 0.15) is 44.8 Å². The van der Waals surface area contributed by atoms with Crippen LogP contribution in [0, 0.1) is 5.92 Å². The Morgan fingerprint density at radius 3 is 2.67 bits per heavy atom. The molecule has 0 radical (unpaired) electrons. The van der Waals surface area contributed by atoms with Gasteiger partial charge in [-0.25, -0.2) is 0 Å². The lowest BCUT2D eigenvalue weighted by molar-refractivity contribution is 0.0685. The fraction of sp³-hybridized carbons (Fsp3) is 0.706. The average Bonchev–Trinajstić information content (AvgIpc) is 2.54. The summed E-state index contributed by atoms with van der Waals surface area (Å²) < 4.78 is 5.43. The number of anilines is 1. The molecule has 0 aromatic carbocycles. The first-order chi connectivity index (χ1) is 10.2. The van der Waals surface area contributed by atoms with Crippen molar-refractivity contribution in [2.45, 2.75) is 39.2 Å². The van der Waals surface area contributed by atoms with E-state index < -0.39 is 0 Å². The van der Waals surface area contributed by atoms with E-state index in [-0.39, 0.29) is 0 Å². The quantitative estimate of drug-likeness (QED) is 0.838. The average molecular weight is 291 g/mol. The number of nitrogens with one attached hydrogen (secondary N) is 1. The molecule has 0 saturated carbocycles. The van der Waals surface area contributed by atoms with Gasteiger partial charge in [0.05, 0.1) is 17.6 Å². The van der Waals surface area contributed by atoms with Gasteiger partial charge >= 0.3 is 0 Å². The van der Waals surface area contributed by atoms with Gasteiger partial charge in [-0.1, -0.05) is 13.8 Å². The monoisotopic (exact) mass is 291 g/mol. The molecule has 1 aromatic heterocycles. The van der Waals surface area contributed by atoms with Gasteiger partial charge in [-0.3, -0.25) is 4.98 Å². The summed E-state index contributed by atoms with van der Waals surface area (Å²) >= 11 is 0. The van der Waals surface area contributed by atoms with Crippen LogP contribution in [0.15, 0.2) is 18.3 Å². The summed E-state index contributed by atoms with van der Waals surface area (Å²) in [5.74, 6) is 0.744. The van der Waals surface area contributed by atoms with Gasteiger partial charge in [-0.15, -0.1) is 0 Å². The molecule has 0 spiro atoms. The van der Waals surface area contributed by atoms with Crippen LogP contribution in [0.4, 0.5) is 5.69 Å². The molecule has 1 saturated heterocycles. The molecule has 2 heterocycles. The molecule has 2 rings (SSSR count). The van der Waals surface area contributed by atoms with E-state index in [9.17, 15) is 0 Å². The van der Waals surface area contributed by atoms with Crippen molar-refractivity contribution >= 4 is 5.69 Å². The molecule has 4 nitrogen and oxygen atoms in total. The van der Waals surface area contributed by atoms with Crippen LogP contribution < -0.4 is 10.2 Å². The standard InChI is InChI=1S/C17H29N3O/c1-4-16(18-5-2)17-7-6-15(12-19-17)20(3)13-14-8-10-21-11-9-14/h6-7,12,14,16,18H,4-5,8-11,13H2,1-3H3. The Labute approximate surface area is 128 Å². The molecule has 1 fully saturated rings. The van der Waals surface area contributed by atoms with E-state index in [0.717, 1.165) is 44.3 Å². The molecule has 1 atom stereocenters. The second-order valence-corrected chi connectivity index (χ2v) is 5.90. The maximum atomic E-state index is 5.43. The predicted octanol–water partition coefficient (Wildman–Crippen LogP) is 3.01. The van der Waals surface area contributed by atoms with Crippen molar-refractivity contribution < 1.29 is 4.74 Å². The van der Waals surface area contributed by atoms with Gasteiger partial charge in [-0.2, -0.15) is 0 Å². The molecular formula is C17H29N3O. The van der Waals surface area contributed by atoms with Crippen LogP contribution >= 0.6 is 0 Å². The summed E-state index contributed by atoms with van der Waals surface area (Å²) in [5, 5.41) is 3.47. The summed E-state index contributed by atoms with van der Waals surface area (Å²) in [5.41, 5.74) is 2.35. The largest absolute Gasteiger partial charge is 0.381 e. The molecule has 21 heavy (non-hydrogen) atoms. The van der Waals surface area contributed by atoms with Crippen molar-refractivity contribution in [3.8, 4) is 0 Å². The highest BCUT2D eigenvalue weighted by Crippen LogP contribution is 2.21. The van der Waals surface area contributed by atoms with Gasteiger partial charge in [0.2, 0.25) is 0 Å². The molecular weight excluding hydrogens is 262 g/mol. The zero-order valence-electron chi connectivity index (χ0n) is 13.6. The van der Waals surface area contributed by atoms with Crippen molar-refractivity contribution in [1.82, 2.24) is 10.3 Å². The number of hydrogen-bond donors (Lipinski definition) is 1. The van der Waals surface area contributed by atoms with Crippen molar-refractivity contribution in [3.63, 3.8) is 0 Å². The zero-order chi connectivity index (χ0) is 15.1. The number of pyridine rings is 1. The fourth-order valence-electron chi connectivity index (χ4n) is 2.96. The molecule has 0 bridgehead atoms. The fourth-order valence-corrected chi connectivity index (χ4v) is 2.96. The van der Waals surface area contributed by atoms with E-state index in [0.29, 0.717) is 6.04 Å². The Balaban J connectivity index is 1.93. The molecule has 1 aliphatic heterocycles. The summed E-state index contributed by atoms with van der Waals surface area (Å²) in [6, 6.07) is 4.72. The summed E-state index contributed by atoms with van der Waals surface area (Å²) in [6.07, 6.45) is 5.43. The maximum Gasteiger partial charge on any atom is 0.0574 e. The third-order valence-electron chi connectivity index (χ3n) is 4.30. The van der Waals surface area contributed by atoms with E-state index in [1.54, 1.807) is 0 Å². The topological polar surface area (TPSA) is 37.4 Å². The Kier molecular flexibility index (Phi) is 6.46. The van der Waals surface area contributed by atoms with Gasteiger partial charge in [0.25, 0.3) is 0 Å². The van der Waals surface area contributed by atoms with E-state index >= 15 is 0 Å². The lowest BCUT2D eigenvalue weighted by Gasteiger charge is -2.28. The molecule has 1 unspecified atom stereocenters. The third-order valence-corrected chi connectivity index (χ3v) is 4.30. The van der Waals surface area contributed by atoms with Gasteiger partial charge in [0, 0.05) is 32.8 Å². The van der Waals surface area contributed by atoms with Crippen LogP contribution in [-0.4, -0.2) is 38.3 Å². The third kappa shape index (κ3) is 4.68. The minimum Gasteiger partial charge on any atom is -0.381 e. The minimum atomic E-state index is 0.366. The lowest BCUT2D eigenvalue weighted by Crippen LogP contribution is -2.29. The Morgan fingerprint density at radius 1 is 1.33 bits per heavy atom. The zero-order valence-corrected chi connectivity index (χ0v) is 13.6. The van der Waals surface area contributed by atoms with Crippen molar-refractivity contribution in [2.24, 2.45) is 5.92 Å². The molecule has 0 amide bonds. The first kappa shape index (κ1) is 16.2. The van der Waals surface area contributed by atoms with Crippen LogP contribution in [0.3, 0.4) is 0 Å². The first-order valence-corrected chi connectivity index (χ1v) is 8.22. The van der Waals surface area contributed by atoms with Crippen molar-refractivity contribution in [2.75, 3.05) is 38.3 Å². The van der Waals surface area contributed by atoms with E-state index in [4.69, 9.17) is 4.74 Å². The molecule has 1 aliphatic rings. The van der Waals surface area contributed by atoms with E-state index in [2.05, 4.69) is 48.2 Å². The SMILES string of the molecule is CCNC(CC)c1ccc(N(C)CC2CCOCC2)cn1. The van der Waals surface area contributed by atoms with E-state index in [1.807, 2.05) is 6.20 Å². The summed E-state index contributed by atoms with van der Waals surface area (Å²) in [6.45, 7) is 8.23. The number of ether oxygens (including phenoxy) is 1. The number of nitrogens with zero attached hydrogens (tertiary/aromatic N) is 2. The van der Waals surface area contributed by atoms with Crippen LogP contribution in [0.5, 0.6) is 0 Å². The molecule has 118 valence electrons. The normalized spacial score (nSPS) is 17.7. The van der Waals surface area contributed by atoms with Crippen LogP contribution in [0.25, 0.3) is 0 Å². The number of rotatable bonds is 7. The molecule has 4 heteroatoms. The smallest absolute Gasteiger partial charge is 0.0574 e. The second-order valence-electron chi connectivity index (χ2n) is 5.90. The van der Waals surface area contributed by atoms with Gasteiger partial charge in [-0.05, 0) is 43.9 Å². The summed E-state index contributed by atoms with van der Waals surface area (Å²) in [7, 11) is 2.16. The van der Waals surface area contributed by atoms with Crippen molar-refractivity contribution in [3.05, 3.63) is 24.0 Å². The number of hydrogen-bond acceptors (Lipinski definition) is 4. The Morgan fingerprint density at radius 2 is 2.10 bits per heavy atom. The highest BCUT2D eigenvalue weighted by Gasteiger charge is 2.16. The van der Waals surface area contributed by atoms with Gasteiger partial charge in [0.15, 0.2) is 0 Å². The van der Waals surface area contributed by atoms with E-state index in [1.165, 1.54) is 18.5 Å². The summed E-state index contributed by atoms with van der Waals surface area (Å²) in [4.78, 5) is 6.97. The Bertz CT molecular complexity index is 401. The maximum absolute atomic E-state index is 5.43. The van der Waals surface area contributed by atoms with Gasteiger partial charge < -0.3 is 15.0 Å². The minimum absolute atomic E-state index is 0.366. The highest BCUT2D eigenvalue weighted by molar-refractivity contribution is 5.44. The molecule has 1 N–H and O–H groups in total. The van der Waals surface area contributed by atoms with Crippen LogP contribution in [0.2, 0.25) is 0 Å². The van der Waals surface area contributed by atoms with Gasteiger partial charge in [0.1, 0.15) is 0 Å². The lowest BCUT2D eigenvalue weighted by atomic mass is 10.00. The molecule has 1 aromatic rings. The van der Waals surface area contributed by atoms with Crippen molar-refractivity contribution in [1.29, 1.82) is 0 Å². The van der Waals surface area contributed by atoms with Crippen LogP contribution in [-0.2, 0) is 4.74 Å².